The number of carbonyl (C=O) groups excluding carboxylic acids is 2. The van der Waals surface area contributed by atoms with E-state index in [0.29, 0.717) is 18.9 Å². The molecule has 0 bridgehead atoms. The van der Waals surface area contributed by atoms with Gasteiger partial charge in [-0.1, -0.05) is 26.0 Å². The van der Waals surface area contributed by atoms with Crippen LogP contribution in [0.1, 0.15) is 31.7 Å². The van der Waals surface area contributed by atoms with Crippen molar-refractivity contribution < 1.29 is 9.59 Å². The molecule has 96 valence electrons. The summed E-state index contributed by atoms with van der Waals surface area (Å²) in [6.07, 6.45) is 0.359. The number of nitrogens with zero attached hydrogens (tertiary/aromatic N) is 1. The molecule has 4 heteroatoms. The van der Waals surface area contributed by atoms with Crippen LogP contribution in [-0.2, 0) is 9.59 Å². The Morgan fingerprint density at radius 2 is 2.06 bits per heavy atom. The molecule has 0 radical (unpaired) electrons. The van der Waals surface area contributed by atoms with Gasteiger partial charge < -0.3 is 10.2 Å². The van der Waals surface area contributed by atoms with Gasteiger partial charge in [0.2, 0.25) is 11.8 Å². The summed E-state index contributed by atoms with van der Waals surface area (Å²) in [5, 5.41) is 2.60. The molecule has 1 saturated heterocycles. The molecule has 1 aliphatic heterocycles. The van der Waals surface area contributed by atoms with E-state index in [9.17, 15) is 9.59 Å². The molecule has 0 aliphatic carbocycles. The minimum Gasteiger partial charge on any atom is -0.347 e. The SMILES string of the molecule is CC(C)c1cccc(N2CCC(=O)NCC2=O)c1. The summed E-state index contributed by atoms with van der Waals surface area (Å²) in [5.41, 5.74) is 2.08. The average molecular weight is 246 g/mol. The fourth-order valence-electron chi connectivity index (χ4n) is 2.02. The Morgan fingerprint density at radius 3 is 2.78 bits per heavy atom. The molecule has 0 spiro atoms. The molecule has 2 amide bonds. The van der Waals surface area contributed by atoms with Crippen LogP contribution in [0, 0.1) is 0 Å². The van der Waals surface area contributed by atoms with Crippen LogP contribution in [0.5, 0.6) is 0 Å². The molecular formula is C14H18N2O2. The maximum Gasteiger partial charge on any atom is 0.246 e. The van der Waals surface area contributed by atoms with E-state index < -0.39 is 0 Å². The number of amides is 2. The smallest absolute Gasteiger partial charge is 0.246 e. The highest BCUT2D eigenvalue weighted by atomic mass is 16.2. The van der Waals surface area contributed by atoms with Gasteiger partial charge in [0.05, 0.1) is 6.54 Å². The summed E-state index contributed by atoms with van der Waals surface area (Å²) in [7, 11) is 0. The fourth-order valence-corrected chi connectivity index (χ4v) is 2.02. The zero-order chi connectivity index (χ0) is 13.1. The van der Waals surface area contributed by atoms with Crippen molar-refractivity contribution in [2.75, 3.05) is 18.0 Å². The molecule has 0 unspecified atom stereocenters. The normalized spacial score (nSPS) is 16.7. The van der Waals surface area contributed by atoms with Gasteiger partial charge in [-0.25, -0.2) is 0 Å². The summed E-state index contributed by atoms with van der Waals surface area (Å²) in [6, 6.07) is 7.95. The second-order valence-electron chi connectivity index (χ2n) is 4.82. The summed E-state index contributed by atoms with van der Waals surface area (Å²) in [4.78, 5) is 24.9. The van der Waals surface area contributed by atoms with Crippen molar-refractivity contribution in [2.45, 2.75) is 26.2 Å². The molecule has 1 aliphatic rings. The standard InChI is InChI=1S/C14H18N2O2/c1-10(2)11-4-3-5-12(8-11)16-7-6-13(17)15-9-14(16)18/h3-5,8,10H,6-7,9H2,1-2H3,(H,15,17). The minimum absolute atomic E-state index is 0.0539. The van der Waals surface area contributed by atoms with E-state index >= 15 is 0 Å². The molecule has 0 atom stereocenters. The van der Waals surface area contributed by atoms with Crippen molar-refractivity contribution in [2.24, 2.45) is 0 Å². The van der Waals surface area contributed by atoms with E-state index in [1.165, 1.54) is 5.56 Å². The molecule has 1 fully saturated rings. The molecule has 0 saturated carbocycles. The summed E-state index contributed by atoms with van der Waals surface area (Å²) in [5.74, 6) is 0.305. The molecule has 1 aromatic carbocycles. The Bertz CT molecular complexity index is 469. The third-order valence-electron chi connectivity index (χ3n) is 3.15. The van der Waals surface area contributed by atoms with Gasteiger partial charge in [0.1, 0.15) is 0 Å². The Balaban J connectivity index is 2.26. The lowest BCUT2D eigenvalue weighted by atomic mass is 10.0. The molecule has 1 aromatic rings. The van der Waals surface area contributed by atoms with Crippen molar-refractivity contribution in [3.8, 4) is 0 Å². The predicted octanol–water partition coefficient (Wildman–Crippen LogP) is 1.66. The van der Waals surface area contributed by atoms with Gasteiger partial charge in [-0.05, 0) is 23.6 Å². The number of nitrogens with one attached hydrogen (secondary N) is 1. The molecule has 0 aromatic heterocycles. The summed E-state index contributed by atoms with van der Waals surface area (Å²) >= 11 is 0. The lowest BCUT2D eigenvalue weighted by molar-refractivity contribution is -0.123. The highest BCUT2D eigenvalue weighted by Gasteiger charge is 2.21. The van der Waals surface area contributed by atoms with Gasteiger partial charge in [-0.15, -0.1) is 0 Å². The van der Waals surface area contributed by atoms with Crippen molar-refractivity contribution in [1.29, 1.82) is 0 Å². The highest BCUT2D eigenvalue weighted by Crippen LogP contribution is 2.22. The van der Waals surface area contributed by atoms with Crippen LogP contribution in [0.2, 0.25) is 0 Å². The van der Waals surface area contributed by atoms with E-state index in [-0.39, 0.29) is 18.4 Å². The van der Waals surface area contributed by atoms with Crippen LogP contribution in [0.4, 0.5) is 5.69 Å². The zero-order valence-corrected chi connectivity index (χ0v) is 10.8. The first-order valence-electron chi connectivity index (χ1n) is 6.25. The van der Waals surface area contributed by atoms with Gasteiger partial charge in [0, 0.05) is 18.7 Å². The maximum atomic E-state index is 12.0. The molecular weight excluding hydrogens is 228 g/mol. The quantitative estimate of drug-likeness (QED) is 0.862. The number of anilines is 1. The Morgan fingerprint density at radius 1 is 1.28 bits per heavy atom. The zero-order valence-electron chi connectivity index (χ0n) is 10.8. The van der Waals surface area contributed by atoms with Crippen LogP contribution in [0.15, 0.2) is 24.3 Å². The second kappa shape index (κ2) is 5.21. The van der Waals surface area contributed by atoms with E-state index in [1.807, 2.05) is 18.2 Å². The Labute approximate surface area is 107 Å². The van der Waals surface area contributed by atoms with E-state index in [1.54, 1.807) is 4.90 Å². The Hall–Kier alpha value is -1.84. The Kier molecular flexibility index (Phi) is 3.65. The van der Waals surface area contributed by atoms with Gasteiger partial charge in [-0.2, -0.15) is 0 Å². The fraction of sp³-hybridized carbons (Fsp3) is 0.429. The van der Waals surface area contributed by atoms with Crippen molar-refractivity contribution in [3.63, 3.8) is 0 Å². The molecule has 18 heavy (non-hydrogen) atoms. The molecule has 1 N–H and O–H groups in total. The van der Waals surface area contributed by atoms with E-state index in [0.717, 1.165) is 5.69 Å². The van der Waals surface area contributed by atoms with Gasteiger partial charge in [-0.3, -0.25) is 9.59 Å². The van der Waals surface area contributed by atoms with E-state index in [2.05, 4.69) is 25.2 Å². The first kappa shape index (κ1) is 12.6. The van der Waals surface area contributed by atoms with Crippen molar-refractivity contribution in [3.05, 3.63) is 29.8 Å². The minimum atomic E-state index is -0.0640. The number of hydrogen-bond donors (Lipinski definition) is 1. The van der Waals surface area contributed by atoms with Crippen LogP contribution >= 0.6 is 0 Å². The number of rotatable bonds is 2. The lowest BCUT2D eigenvalue weighted by Crippen LogP contribution is -2.35. The second-order valence-corrected chi connectivity index (χ2v) is 4.82. The molecule has 2 rings (SSSR count). The van der Waals surface area contributed by atoms with Gasteiger partial charge in [0.25, 0.3) is 0 Å². The average Bonchev–Trinajstić information content (AvgIpc) is 2.52. The van der Waals surface area contributed by atoms with Crippen molar-refractivity contribution in [1.82, 2.24) is 5.32 Å². The van der Waals surface area contributed by atoms with Crippen molar-refractivity contribution >= 4 is 17.5 Å². The van der Waals surface area contributed by atoms with E-state index in [4.69, 9.17) is 0 Å². The highest BCUT2D eigenvalue weighted by molar-refractivity contribution is 5.98. The van der Waals surface area contributed by atoms with Crippen LogP contribution in [0.25, 0.3) is 0 Å². The van der Waals surface area contributed by atoms with Crippen LogP contribution in [-0.4, -0.2) is 24.9 Å². The first-order valence-corrected chi connectivity index (χ1v) is 6.25. The lowest BCUT2D eigenvalue weighted by Gasteiger charge is -2.21. The monoisotopic (exact) mass is 246 g/mol. The first-order chi connectivity index (χ1) is 8.58. The molecule has 4 nitrogen and oxygen atoms in total. The number of benzene rings is 1. The number of hydrogen-bond acceptors (Lipinski definition) is 2. The topological polar surface area (TPSA) is 49.4 Å². The number of carbonyl (C=O) groups is 2. The molecule has 1 heterocycles. The third kappa shape index (κ3) is 2.70. The van der Waals surface area contributed by atoms with Crippen LogP contribution in [0.3, 0.4) is 0 Å². The van der Waals surface area contributed by atoms with Gasteiger partial charge in [0.15, 0.2) is 0 Å². The summed E-state index contributed by atoms with van der Waals surface area (Å²) < 4.78 is 0. The van der Waals surface area contributed by atoms with Crippen LogP contribution < -0.4 is 10.2 Å². The maximum absolute atomic E-state index is 12.0. The third-order valence-corrected chi connectivity index (χ3v) is 3.15. The van der Waals surface area contributed by atoms with Gasteiger partial charge >= 0.3 is 0 Å². The summed E-state index contributed by atoms with van der Waals surface area (Å²) in [6.45, 7) is 4.78. The predicted molar refractivity (Wildman–Crippen MR) is 70.5 cm³/mol. The largest absolute Gasteiger partial charge is 0.347 e.